The number of hydrogen-bond acceptors (Lipinski definition) is 5. The molecule has 27 heavy (non-hydrogen) atoms. The van der Waals surface area contributed by atoms with Gasteiger partial charge >= 0.3 is 0 Å². The Morgan fingerprint density at radius 2 is 1.78 bits per heavy atom. The largest absolute Gasteiger partial charge is 0.383 e. The molecule has 0 bridgehead atoms. The van der Waals surface area contributed by atoms with Gasteiger partial charge < -0.3 is 10.6 Å². The molecule has 0 aliphatic carbocycles. The van der Waals surface area contributed by atoms with Gasteiger partial charge in [-0.1, -0.05) is 6.07 Å². The van der Waals surface area contributed by atoms with Gasteiger partial charge in [0.05, 0.1) is 5.69 Å². The van der Waals surface area contributed by atoms with Crippen LogP contribution in [0.15, 0.2) is 48.8 Å². The van der Waals surface area contributed by atoms with Crippen LogP contribution in [0.1, 0.15) is 24.0 Å². The predicted molar refractivity (Wildman–Crippen MR) is 108 cm³/mol. The summed E-state index contributed by atoms with van der Waals surface area (Å²) >= 11 is 0. The third-order valence-corrected chi connectivity index (χ3v) is 5.09. The molecule has 0 spiro atoms. The highest BCUT2D eigenvalue weighted by molar-refractivity contribution is 5.81. The monoisotopic (exact) mass is 355 g/mol. The van der Waals surface area contributed by atoms with Gasteiger partial charge in [0.1, 0.15) is 17.5 Å². The van der Waals surface area contributed by atoms with E-state index in [0.717, 1.165) is 35.5 Å². The van der Waals surface area contributed by atoms with Gasteiger partial charge in [0.25, 0.3) is 0 Å². The SMILES string of the molecule is Cc1cc(-c2cc(-c3ccncc3)nc(N)c2C#N)ccc1N1CCCC1. The minimum atomic E-state index is 0.253. The predicted octanol–water partition coefficient (Wildman–Crippen LogP) is 4.17. The fraction of sp³-hybridized carbons (Fsp3) is 0.227. The van der Waals surface area contributed by atoms with E-state index >= 15 is 0 Å². The van der Waals surface area contributed by atoms with Crippen molar-refractivity contribution in [1.82, 2.24) is 9.97 Å². The lowest BCUT2D eigenvalue weighted by molar-refractivity contribution is 0.949. The van der Waals surface area contributed by atoms with Gasteiger partial charge in [-0.3, -0.25) is 4.98 Å². The number of pyridine rings is 2. The summed E-state index contributed by atoms with van der Waals surface area (Å²) in [6.45, 7) is 4.34. The maximum atomic E-state index is 9.63. The van der Waals surface area contributed by atoms with Gasteiger partial charge in [-0.25, -0.2) is 4.98 Å². The number of nitrogens with two attached hydrogens (primary N) is 1. The molecular weight excluding hydrogens is 334 g/mol. The van der Waals surface area contributed by atoms with Crippen molar-refractivity contribution in [3.8, 4) is 28.5 Å². The number of nitrogens with zero attached hydrogens (tertiary/aromatic N) is 4. The molecule has 1 fully saturated rings. The van der Waals surface area contributed by atoms with E-state index in [1.54, 1.807) is 12.4 Å². The highest BCUT2D eigenvalue weighted by Gasteiger charge is 2.17. The van der Waals surface area contributed by atoms with Crippen molar-refractivity contribution >= 4 is 11.5 Å². The summed E-state index contributed by atoms with van der Waals surface area (Å²) < 4.78 is 0. The second-order valence-electron chi connectivity index (χ2n) is 6.86. The van der Waals surface area contributed by atoms with Crippen LogP contribution in [0.5, 0.6) is 0 Å². The number of nitriles is 1. The molecule has 0 atom stereocenters. The quantitative estimate of drug-likeness (QED) is 0.763. The van der Waals surface area contributed by atoms with Crippen LogP contribution >= 0.6 is 0 Å². The number of aromatic nitrogens is 2. The van der Waals surface area contributed by atoms with Gasteiger partial charge in [0.2, 0.25) is 0 Å². The fourth-order valence-corrected chi connectivity index (χ4v) is 3.72. The van der Waals surface area contributed by atoms with Crippen LogP contribution in [0, 0.1) is 18.3 Å². The summed E-state index contributed by atoms with van der Waals surface area (Å²) in [7, 11) is 0. The van der Waals surface area contributed by atoms with E-state index in [1.165, 1.54) is 24.1 Å². The first-order valence-corrected chi connectivity index (χ1v) is 9.14. The Hall–Kier alpha value is -3.39. The Morgan fingerprint density at radius 1 is 1.04 bits per heavy atom. The van der Waals surface area contributed by atoms with Crippen LogP contribution in [0.3, 0.4) is 0 Å². The van der Waals surface area contributed by atoms with E-state index in [4.69, 9.17) is 5.73 Å². The van der Waals surface area contributed by atoms with Crippen molar-refractivity contribution < 1.29 is 0 Å². The van der Waals surface area contributed by atoms with Crippen molar-refractivity contribution in [2.45, 2.75) is 19.8 Å². The number of hydrogen-bond donors (Lipinski definition) is 1. The number of benzene rings is 1. The van der Waals surface area contributed by atoms with Gasteiger partial charge in [0, 0.05) is 42.3 Å². The zero-order valence-corrected chi connectivity index (χ0v) is 15.3. The molecule has 5 nitrogen and oxygen atoms in total. The summed E-state index contributed by atoms with van der Waals surface area (Å²) in [6.07, 6.45) is 5.94. The van der Waals surface area contributed by atoms with Crippen molar-refractivity contribution in [1.29, 1.82) is 5.26 Å². The fourth-order valence-electron chi connectivity index (χ4n) is 3.72. The standard InChI is InChI=1S/C22H21N5/c1-15-12-17(4-5-21(15)27-10-2-3-11-27)18-13-20(16-6-8-25-9-7-16)26-22(24)19(18)14-23/h4-9,12-13H,2-3,10-11H2,1H3,(H2,24,26). The molecule has 3 heterocycles. The molecule has 0 amide bonds. The first-order valence-electron chi connectivity index (χ1n) is 9.14. The van der Waals surface area contributed by atoms with E-state index in [-0.39, 0.29) is 5.82 Å². The molecule has 1 saturated heterocycles. The zero-order valence-electron chi connectivity index (χ0n) is 15.3. The van der Waals surface area contributed by atoms with E-state index in [0.29, 0.717) is 5.56 Å². The Balaban J connectivity index is 1.82. The second kappa shape index (κ2) is 7.08. The molecule has 3 aromatic rings. The minimum Gasteiger partial charge on any atom is -0.383 e. The summed E-state index contributed by atoms with van der Waals surface area (Å²) in [4.78, 5) is 10.9. The van der Waals surface area contributed by atoms with Crippen LogP contribution in [0.2, 0.25) is 0 Å². The maximum Gasteiger partial charge on any atom is 0.142 e. The molecule has 2 N–H and O–H groups in total. The van der Waals surface area contributed by atoms with Crippen LogP contribution in [-0.4, -0.2) is 23.1 Å². The van der Waals surface area contributed by atoms with E-state index in [1.807, 2.05) is 18.2 Å². The Morgan fingerprint density at radius 3 is 2.44 bits per heavy atom. The zero-order chi connectivity index (χ0) is 18.8. The van der Waals surface area contributed by atoms with Crippen LogP contribution in [0.4, 0.5) is 11.5 Å². The molecule has 0 saturated carbocycles. The van der Waals surface area contributed by atoms with Gasteiger partial charge in [-0.15, -0.1) is 0 Å². The molecule has 1 aliphatic rings. The van der Waals surface area contributed by atoms with E-state index in [2.05, 4.69) is 46.1 Å². The average Bonchev–Trinajstić information content (AvgIpc) is 3.22. The molecule has 1 aliphatic heterocycles. The summed E-state index contributed by atoms with van der Waals surface area (Å²) in [5, 5.41) is 9.63. The number of nitrogen functional groups attached to an aromatic ring is 1. The van der Waals surface area contributed by atoms with Gasteiger partial charge in [0.15, 0.2) is 0 Å². The molecule has 2 aromatic heterocycles. The van der Waals surface area contributed by atoms with Gasteiger partial charge in [-0.05, 0) is 61.2 Å². The number of anilines is 2. The van der Waals surface area contributed by atoms with Crippen LogP contribution in [0.25, 0.3) is 22.4 Å². The Labute approximate surface area is 159 Å². The molecule has 134 valence electrons. The smallest absolute Gasteiger partial charge is 0.142 e. The third-order valence-electron chi connectivity index (χ3n) is 5.09. The molecule has 1 aromatic carbocycles. The highest BCUT2D eigenvalue weighted by atomic mass is 15.1. The molecule has 5 heteroatoms. The lowest BCUT2D eigenvalue weighted by Gasteiger charge is -2.21. The lowest BCUT2D eigenvalue weighted by atomic mass is 9.96. The van der Waals surface area contributed by atoms with Crippen LogP contribution in [-0.2, 0) is 0 Å². The van der Waals surface area contributed by atoms with Gasteiger partial charge in [-0.2, -0.15) is 5.26 Å². The first-order chi connectivity index (χ1) is 13.2. The lowest BCUT2D eigenvalue weighted by Crippen LogP contribution is -2.18. The van der Waals surface area contributed by atoms with Crippen molar-refractivity contribution in [3.05, 3.63) is 59.9 Å². The summed E-state index contributed by atoms with van der Waals surface area (Å²) in [5.74, 6) is 0.253. The number of aryl methyl sites for hydroxylation is 1. The molecule has 0 radical (unpaired) electrons. The molecule has 4 rings (SSSR count). The second-order valence-corrected chi connectivity index (χ2v) is 6.86. The average molecular weight is 355 g/mol. The summed E-state index contributed by atoms with van der Waals surface area (Å²) in [5.41, 5.74) is 12.5. The van der Waals surface area contributed by atoms with Crippen molar-refractivity contribution in [2.75, 3.05) is 23.7 Å². The molecular formula is C22H21N5. The third kappa shape index (κ3) is 3.22. The van der Waals surface area contributed by atoms with E-state index in [9.17, 15) is 5.26 Å². The minimum absolute atomic E-state index is 0.253. The Bertz CT molecular complexity index is 1010. The maximum absolute atomic E-state index is 9.63. The van der Waals surface area contributed by atoms with Crippen molar-refractivity contribution in [3.63, 3.8) is 0 Å². The van der Waals surface area contributed by atoms with Crippen LogP contribution < -0.4 is 10.6 Å². The molecule has 0 unspecified atom stereocenters. The normalized spacial score (nSPS) is 13.6. The highest BCUT2D eigenvalue weighted by Crippen LogP contribution is 2.34. The topological polar surface area (TPSA) is 78.8 Å². The summed E-state index contributed by atoms with van der Waals surface area (Å²) in [6, 6.07) is 14.3. The van der Waals surface area contributed by atoms with Crippen molar-refractivity contribution in [2.24, 2.45) is 0 Å². The Kier molecular flexibility index (Phi) is 4.47. The van der Waals surface area contributed by atoms with E-state index < -0.39 is 0 Å². The number of rotatable bonds is 3. The first kappa shape index (κ1) is 17.0.